The van der Waals surface area contributed by atoms with Crippen molar-refractivity contribution < 1.29 is 4.79 Å². The average Bonchev–Trinajstić information content (AvgIpc) is 2.99. The summed E-state index contributed by atoms with van der Waals surface area (Å²) in [6.45, 7) is 2.38. The molecule has 120 valence electrons. The standard InChI is InChI=1S/C17H17Cl2N3O/c18-15-4-1-5-16(19)14(15)11-22-8-6-13(10-22)21-17(23)12-3-2-7-20-9-12/h1-5,7,9,13H,6,8,10-11H2,(H,21,23). The van der Waals surface area contributed by atoms with Crippen LogP contribution in [0, 0.1) is 0 Å². The van der Waals surface area contributed by atoms with Gasteiger partial charge in [-0.15, -0.1) is 0 Å². The molecule has 1 aromatic carbocycles. The highest BCUT2D eigenvalue weighted by atomic mass is 35.5. The van der Waals surface area contributed by atoms with Gasteiger partial charge < -0.3 is 5.32 Å². The van der Waals surface area contributed by atoms with Crippen molar-refractivity contribution in [1.82, 2.24) is 15.2 Å². The van der Waals surface area contributed by atoms with Gasteiger partial charge in [-0.05, 0) is 30.7 Å². The predicted octanol–water partition coefficient (Wildman–Crippen LogP) is 3.39. The molecule has 23 heavy (non-hydrogen) atoms. The summed E-state index contributed by atoms with van der Waals surface area (Å²) in [7, 11) is 0. The lowest BCUT2D eigenvalue weighted by Crippen LogP contribution is -2.37. The van der Waals surface area contributed by atoms with E-state index in [0.717, 1.165) is 25.1 Å². The van der Waals surface area contributed by atoms with E-state index in [1.54, 1.807) is 24.5 Å². The predicted molar refractivity (Wildman–Crippen MR) is 91.8 cm³/mol. The van der Waals surface area contributed by atoms with Crippen molar-refractivity contribution in [2.24, 2.45) is 0 Å². The van der Waals surface area contributed by atoms with Gasteiger partial charge in [-0.3, -0.25) is 14.7 Å². The number of carbonyl (C=O) groups excluding carboxylic acids is 1. The zero-order valence-corrected chi connectivity index (χ0v) is 14.0. The number of nitrogens with one attached hydrogen (secondary N) is 1. The third-order valence-electron chi connectivity index (χ3n) is 3.97. The van der Waals surface area contributed by atoms with Crippen LogP contribution >= 0.6 is 23.2 Å². The van der Waals surface area contributed by atoms with Crippen LogP contribution in [0.1, 0.15) is 22.3 Å². The summed E-state index contributed by atoms with van der Waals surface area (Å²) in [4.78, 5) is 18.4. The number of carbonyl (C=O) groups is 1. The van der Waals surface area contributed by atoms with Gasteiger partial charge in [0.2, 0.25) is 0 Å². The van der Waals surface area contributed by atoms with Crippen molar-refractivity contribution in [2.75, 3.05) is 13.1 Å². The molecular weight excluding hydrogens is 333 g/mol. The van der Waals surface area contributed by atoms with Crippen molar-refractivity contribution in [3.63, 3.8) is 0 Å². The molecule has 0 spiro atoms. The van der Waals surface area contributed by atoms with Crippen molar-refractivity contribution in [1.29, 1.82) is 0 Å². The van der Waals surface area contributed by atoms with Gasteiger partial charge in [-0.1, -0.05) is 29.3 Å². The Morgan fingerprint density at radius 3 is 2.74 bits per heavy atom. The molecule has 1 aliphatic rings. The molecule has 0 bridgehead atoms. The second kappa shape index (κ2) is 7.30. The van der Waals surface area contributed by atoms with Gasteiger partial charge in [0, 0.05) is 53.7 Å². The van der Waals surface area contributed by atoms with Gasteiger partial charge in [-0.25, -0.2) is 0 Å². The molecule has 3 rings (SSSR count). The molecule has 1 atom stereocenters. The van der Waals surface area contributed by atoms with E-state index in [0.29, 0.717) is 22.2 Å². The number of pyridine rings is 1. The summed E-state index contributed by atoms with van der Waals surface area (Å²) in [5, 5.41) is 4.42. The van der Waals surface area contributed by atoms with Crippen LogP contribution in [0.4, 0.5) is 0 Å². The Balaban J connectivity index is 1.58. The maximum absolute atomic E-state index is 12.2. The van der Waals surface area contributed by atoms with Crippen LogP contribution in [0.2, 0.25) is 10.0 Å². The fourth-order valence-corrected chi connectivity index (χ4v) is 3.28. The SMILES string of the molecule is O=C(NC1CCN(Cc2c(Cl)cccc2Cl)C1)c1cccnc1. The van der Waals surface area contributed by atoms with E-state index in [1.165, 1.54) is 0 Å². The maximum atomic E-state index is 12.2. The van der Waals surface area contributed by atoms with E-state index in [2.05, 4.69) is 15.2 Å². The maximum Gasteiger partial charge on any atom is 0.253 e. The zero-order chi connectivity index (χ0) is 16.2. The summed E-state index contributed by atoms with van der Waals surface area (Å²) in [5.41, 5.74) is 1.52. The van der Waals surface area contributed by atoms with E-state index < -0.39 is 0 Å². The Kier molecular flexibility index (Phi) is 5.16. The number of aromatic nitrogens is 1. The van der Waals surface area contributed by atoms with E-state index in [9.17, 15) is 4.79 Å². The first-order valence-corrected chi connectivity index (χ1v) is 8.25. The van der Waals surface area contributed by atoms with Crippen LogP contribution in [0.25, 0.3) is 0 Å². The van der Waals surface area contributed by atoms with Gasteiger partial charge in [0.1, 0.15) is 0 Å². The minimum Gasteiger partial charge on any atom is -0.348 e. The summed E-state index contributed by atoms with van der Waals surface area (Å²) in [6.07, 6.45) is 4.14. The van der Waals surface area contributed by atoms with E-state index in [1.807, 2.05) is 18.2 Å². The number of likely N-dealkylation sites (tertiary alicyclic amines) is 1. The Hall–Kier alpha value is -1.62. The Morgan fingerprint density at radius 2 is 2.04 bits per heavy atom. The Morgan fingerprint density at radius 1 is 1.26 bits per heavy atom. The van der Waals surface area contributed by atoms with Crippen molar-refractivity contribution in [2.45, 2.75) is 19.0 Å². The first-order chi connectivity index (χ1) is 11.1. The second-order valence-electron chi connectivity index (χ2n) is 5.64. The van der Waals surface area contributed by atoms with Crippen LogP contribution in [-0.2, 0) is 6.54 Å². The fraction of sp³-hybridized carbons (Fsp3) is 0.294. The summed E-state index contributed by atoms with van der Waals surface area (Å²) in [6, 6.07) is 9.19. The normalized spacial score (nSPS) is 18.1. The minimum absolute atomic E-state index is 0.0827. The first-order valence-electron chi connectivity index (χ1n) is 7.49. The van der Waals surface area contributed by atoms with Crippen LogP contribution < -0.4 is 5.32 Å². The van der Waals surface area contributed by atoms with E-state index in [4.69, 9.17) is 23.2 Å². The Labute approximate surface area is 145 Å². The lowest BCUT2D eigenvalue weighted by Gasteiger charge is -2.18. The minimum atomic E-state index is -0.0827. The summed E-state index contributed by atoms with van der Waals surface area (Å²) < 4.78 is 0. The van der Waals surface area contributed by atoms with Gasteiger partial charge in [0.05, 0.1) is 5.56 Å². The zero-order valence-electron chi connectivity index (χ0n) is 12.5. The molecular formula is C17H17Cl2N3O. The Bertz CT molecular complexity index is 673. The molecule has 0 radical (unpaired) electrons. The monoisotopic (exact) mass is 349 g/mol. The number of hydrogen-bond acceptors (Lipinski definition) is 3. The second-order valence-corrected chi connectivity index (χ2v) is 6.45. The van der Waals surface area contributed by atoms with Crippen molar-refractivity contribution >= 4 is 29.1 Å². The van der Waals surface area contributed by atoms with Crippen LogP contribution in [0.5, 0.6) is 0 Å². The molecule has 1 amide bonds. The van der Waals surface area contributed by atoms with Gasteiger partial charge >= 0.3 is 0 Å². The molecule has 0 aliphatic carbocycles. The van der Waals surface area contributed by atoms with Gasteiger partial charge in [-0.2, -0.15) is 0 Å². The highest BCUT2D eigenvalue weighted by molar-refractivity contribution is 6.35. The molecule has 1 aromatic heterocycles. The fourth-order valence-electron chi connectivity index (χ4n) is 2.77. The van der Waals surface area contributed by atoms with E-state index in [-0.39, 0.29) is 11.9 Å². The molecule has 2 heterocycles. The van der Waals surface area contributed by atoms with Crippen LogP contribution in [-0.4, -0.2) is 34.9 Å². The van der Waals surface area contributed by atoms with Gasteiger partial charge in [0.25, 0.3) is 5.91 Å². The molecule has 2 aromatic rings. The highest BCUT2D eigenvalue weighted by Crippen LogP contribution is 2.27. The number of amides is 1. The summed E-state index contributed by atoms with van der Waals surface area (Å²) >= 11 is 12.4. The van der Waals surface area contributed by atoms with Crippen molar-refractivity contribution in [3.05, 3.63) is 63.9 Å². The molecule has 0 saturated carbocycles. The quantitative estimate of drug-likeness (QED) is 0.919. The van der Waals surface area contributed by atoms with Crippen LogP contribution in [0.15, 0.2) is 42.7 Å². The number of rotatable bonds is 4. The molecule has 4 nitrogen and oxygen atoms in total. The molecule has 1 N–H and O–H groups in total. The highest BCUT2D eigenvalue weighted by Gasteiger charge is 2.25. The van der Waals surface area contributed by atoms with Crippen molar-refractivity contribution in [3.8, 4) is 0 Å². The molecule has 1 unspecified atom stereocenters. The third kappa shape index (κ3) is 4.02. The summed E-state index contributed by atoms with van der Waals surface area (Å²) in [5.74, 6) is -0.0827. The molecule has 1 fully saturated rings. The average molecular weight is 350 g/mol. The number of nitrogens with zero attached hydrogens (tertiary/aromatic N) is 2. The number of hydrogen-bond donors (Lipinski definition) is 1. The topological polar surface area (TPSA) is 45.2 Å². The smallest absolute Gasteiger partial charge is 0.253 e. The van der Waals surface area contributed by atoms with Crippen LogP contribution in [0.3, 0.4) is 0 Å². The third-order valence-corrected chi connectivity index (χ3v) is 4.68. The van der Waals surface area contributed by atoms with Gasteiger partial charge in [0.15, 0.2) is 0 Å². The number of benzene rings is 1. The number of halogens is 2. The lowest BCUT2D eigenvalue weighted by atomic mass is 10.2. The molecule has 6 heteroatoms. The lowest BCUT2D eigenvalue weighted by molar-refractivity contribution is 0.0937. The van der Waals surface area contributed by atoms with E-state index >= 15 is 0 Å². The molecule has 1 saturated heterocycles. The largest absolute Gasteiger partial charge is 0.348 e. The first kappa shape index (κ1) is 16.2. The molecule has 1 aliphatic heterocycles.